The van der Waals surface area contributed by atoms with E-state index in [2.05, 4.69) is 15.0 Å². The lowest BCUT2D eigenvalue weighted by Gasteiger charge is -2.09. The predicted octanol–water partition coefficient (Wildman–Crippen LogP) is 0.826. The molecule has 0 aliphatic heterocycles. The number of benzene rings is 1. The average Bonchev–Trinajstić information content (AvgIpc) is 2.63. The standard InChI is InChI=1S/C18H20N4O5S/c1-3-19-18(25)20-17(24)12-22-10-9-14(13(2)23)11-16(22)21-28(26,27)15-7-5-4-6-8-15/h4-11H,3,12H2,1-2H3,(H2,19,20,24,25)/b21-16-. The van der Waals surface area contributed by atoms with Crippen molar-refractivity contribution in [3.63, 3.8) is 0 Å². The molecule has 1 heterocycles. The number of nitrogens with zero attached hydrogens (tertiary/aromatic N) is 2. The van der Waals surface area contributed by atoms with E-state index in [1.54, 1.807) is 25.1 Å². The van der Waals surface area contributed by atoms with Crippen molar-refractivity contribution >= 4 is 27.7 Å². The van der Waals surface area contributed by atoms with Crippen molar-refractivity contribution in [2.75, 3.05) is 6.54 Å². The first kappa shape index (κ1) is 21.0. The molecule has 0 saturated heterocycles. The number of sulfonamides is 1. The van der Waals surface area contributed by atoms with Crippen molar-refractivity contribution < 1.29 is 22.8 Å². The molecular formula is C18H20N4O5S. The van der Waals surface area contributed by atoms with E-state index in [0.29, 0.717) is 6.54 Å². The maximum Gasteiger partial charge on any atom is 0.321 e. The van der Waals surface area contributed by atoms with Crippen LogP contribution in [0.4, 0.5) is 4.79 Å². The summed E-state index contributed by atoms with van der Waals surface area (Å²) in [5, 5.41) is 4.54. The number of rotatable bonds is 6. The van der Waals surface area contributed by atoms with Gasteiger partial charge < -0.3 is 9.88 Å². The molecule has 0 unspecified atom stereocenters. The van der Waals surface area contributed by atoms with Crippen LogP contribution in [-0.2, 0) is 21.4 Å². The quantitative estimate of drug-likeness (QED) is 0.690. The van der Waals surface area contributed by atoms with Crippen molar-refractivity contribution in [3.8, 4) is 0 Å². The summed E-state index contributed by atoms with van der Waals surface area (Å²) in [5.41, 5.74) is 0.130. The molecule has 2 aromatic rings. The van der Waals surface area contributed by atoms with Gasteiger partial charge in [0.05, 0.1) is 4.90 Å². The van der Waals surface area contributed by atoms with E-state index in [1.807, 2.05) is 0 Å². The fourth-order valence-electron chi connectivity index (χ4n) is 2.24. The monoisotopic (exact) mass is 404 g/mol. The van der Waals surface area contributed by atoms with Crippen LogP contribution in [-0.4, -0.2) is 37.3 Å². The molecule has 0 aliphatic carbocycles. The van der Waals surface area contributed by atoms with Crippen LogP contribution >= 0.6 is 0 Å². The van der Waals surface area contributed by atoms with Gasteiger partial charge in [-0.15, -0.1) is 4.40 Å². The number of carbonyl (C=O) groups is 3. The molecule has 2 rings (SSSR count). The molecule has 0 saturated carbocycles. The number of hydrogen-bond donors (Lipinski definition) is 2. The second kappa shape index (κ2) is 9.09. The molecule has 9 nitrogen and oxygen atoms in total. The lowest BCUT2D eigenvalue weighted by Crippen LogP contribution is -2.42. The lowest BCUT2D eigenvalue weighted by molar-refractivity contribution is -0.120. The zero-order valence-electron chi connectivity index (χ0n) is 15.4. The molecule has 1 aromatic heterocycles. The second-order valence-electron chi connectivity index (χ2n) is 5.74. The molecule has 0 aliphatic rings. The number of ketones is 1. The topological polar surface area (TPSA) is 127 Å². The fraction of sp³-hybridized carbons (Fsp3) is 0.222. The third-order valence-electron chi connectivity index (χ3n) is 3.58. The largest absolute Gasteiger partial charge is 0.338 e. The van der Waals surface area contributed by atoms with Gasteiger partial charge in [-0.1, -0.05) is 18.2 Å². The Kier molecular flexibility index (Phi) is 6.83. The SMILES string of the molecule is CCNC(=O)NC(=O)Cn1ccc(C(C)=O)c/c1=N/S(=O)(=O)c1ccccc1. The van der Waals surface area contributed by atoms with E-state index >= 15 is 0 Å². The van der Waals surface area contributed by atoms with Crippen LogP contribution < -0.4 is 16.1 Å². The Morgan fingerprint density at radius 2 is 1.79 bits per heavy atom. The Balaban J connectivity index is 2.46. The number of imide groups is 1. The van der Waals surface area contributed by atoms with Gasteiger partial charge in [0.2, 0.25) is 5.91 Å². The van der Waals surface area contributed by atoms with Crippen molar-refractivity contribution in [1.29, 1.82) is 0 Å². The maximum absolute atomic E-state index is 12.6. The van der Waals surface area contributed by atoms with Gasteiger partial charge in [-0.2, -0.15) is 8.42 Å². The van der Waals surface area contributed by atoms with E-state index in [1.165, 1.54) is 42.0 Å². The van der Waals surface area contributed by atoms with E-state index in [9.17, 15) is 22.8 Å². The van der Waals surface area contributed by atoms with Crippen molar-refractivity contribution in [2.24, 2.45) is 4.40 Å². The molecule has 1 aromatic carbocycles. The highest BCUT2D eigenvalue weighted by Gasteiger charge is 2.14. The molecule has 0 spiro atoms. The summed E-state index contributed by atoms with van der Waals surface area (Å²) in [6, 6.07) is 9.62. The first-order valence-electron chi connectivity index (χ1n) is 8.38. The molecule has 0 fully saturated rings. The molecule has 2 N–H and O–H groups in total. The minimum absolute atomic E-state index is 0.0263. The maximum atomic E-state index is 12.6. The second-order valence-corrected chi connectivity index (χ2v) is 7.35. The summed E-state index contributed by atoms with van der Waals surface area (Å²) < 4.78 is 30.1. The predicted molar refractivity (Wildman–Crippen MR) is 101 cm³/mol. The average molecular weight is 404 g/mol. The number of aromatic nitrogens is 1. The van der Waals surface area contributed by atoms with Crippen LogP contribution in [0.3, 0.4) is 0 Å². The summed E-state index contributed by atoms with van der Waals surface area (Å²) in [6.07, 6.45) is 1.37. The molecule has 10 heteroatoms. The molecule has 28 heavy (non-hydrogen) atoms. The third kappa shape index (κ3) is 5.61. The van der Waals surface area contributed by atoms with Crippen molar-refractivity contribution in [1.82, 2.24) is 15.2 Å². The van der Waals surface area contributed by atoms with Gasteiger partial charge in [0.1, 0.15) is 12.0 Å². The van der Waals surface area contributed by atoms with Crippen LogP contribution in [0.15, 0.2) is 58.0 Å². The van der Waals surface area contributed by atoms with E-state index in [0.717, 1.165) is 0 Å². The van der Waals surface area contributed by atoms with Crippen LogP contribution in [0.5, 0.6) is 0 Å². The fourth-order valence-corrected chi connectivity index (χ4v) is 3.25. The minimum Gasteiger partial charge on any atom is -0.338 e. The first-order valence-corrected chi connectivity index (χ1v) is 9.82. The number of amides is 3. The number of hydrogen-bond acceptors (Lipinski definition) is 5. The highest BCUT2D eigenvalue weighted by Crippen LogP contribution is 2.10. The number of Topliss-reactive ketones (excluding diaryl/α,β-unsaturated/α-hetero) is 1. The zero-order valence-corrected chi connectivity index (χ0v) is 16.2. The van der Waals surface area contributed by atoms with Gasteiger partial charge in [0.15, 0.2) is 5.78 Å². The normalized spacial score (nSPS) is 11.7. The van der Waals surface area contributed by atoms with Gasteiger partial charge in [-0.05, 0) is 38.1 Å². The summed E-state index contributed by atoms with van der Waals surface area (Å²) >= 11 is 0. The summed E-state index contributed by atoms with van der Waals surface area (Å²) in [6.45, 7) is 3.01. The zero-order chi connectivity index (χ0) is 20.7. The van der Waals surface area contributed by atoms with Crippen molar-refractivity contribution in [3.05, 3.63) is 59.7 Å². The van der Waals surface area contributed by atoms with Gasteiger partial charge in [-0.3, -0.25) is 14.9 Å². The molecule has 148 valence electrons. The Morgan fingerprint density at radius 1 is 1.11 bits per heavy atom. The Morgan fingerprint density at radius 3 is 2.39 bits per heavy atom. The van der Waals surface area contributed by atoms with Gasteiger partial charge >= 0.3 is 6.03 Å². The third-order valence-corrected chi connectivity index (χ3v) is 4.87. The number of nitrogens with one attached hydrogen (secondary N) is 2. The minimum atomic E-state index is -4.06. The number of carbonyl (C=O) groups excluding carboxylic acids is 3. The highest BCUT2D eigenvalue weighted by molar-refractivity contribution is 7.90. The smallest absolute Gasteiger partial charge is 0.321 e. The van der Waals surface area contributed by atoms with Gasteiger partial charge in [0.25, 0.3) is 10.0 Å². The molecule has 0 bridgehead atoms. The van der Waals surface area contributed by atoms with E-state index in [4.69, 9.17) is 0 Å². The number of pyridine rings is 1. The van der Waals surface area contributed by atoms with Crippen LogP contribution in [0, 0.1) is 0 Å². The Bertz CT molecular complexity index is 1060. The summed E-state index contributed by atoms with van der Waals surface area (Å²) in [5.74, 6) is -0.951. The van der Waals surface area contributed by atoms with Crippen LogP contribution in [0.1, 0.15) is 24.2 Å². The number of urea groups is 1. The van der Waals surface area contributed by atoms with E-state index < -0.39 is 22.0 Å². The van der Waals surface area contributed by atoms with Gasteiger partial charge in [0, 0.05) is 18.3 Å². The van der Waals surface area contributed by atoms with Crippen LogP contribution in [0.25, 0.3) is 0 Å². The first-order chi connectivity index (χ1) is 13.2. The summed E-state index contributed by atoms with van der Waals surface area (Å²) in [7, 11) is -4.06. The Labute approximate surface area is 162 Å². The molecule has 0 atom stereocenters. The molecule has 0 radical (unpaired) electrons. The highest BCUT2D eigenvalue weighted by atomic mass is 32.2. The van der Waals surface area contributed by atoms with Crippen LogP contribution in [0.2, 0.25) is 0 Å². The summed E-state index contributed by atoms with van der Waals surface area (Å²) in [4.78, 5) is 35.1. The van der Waals surface area contributed by atoms with Crippen molar-refractivity contribution in [2.45, 2.75) is 25.3 Å². The van der Waals surface area contributed by atoms with E-state index in [-0.39, 0.29) is 28.3 Å². The van der Waals surface area contributed by atoms with Gasteiger partial charge in [-0.25, -0.2) is 4.79 Å². The molecule has 3 amide bonds. The molecular weight excluding hydrogens is 384 g/mol. The Hall–Kier alpha value is -3.27. The lowest BCUT2D eigenvalue weighted by atomic mass is 10.2.